The molecule has 0 spiro atoms. The third-order valence-electron chi connectivity index (χ3n) is 5.14. The summed E-state index contributed by atoms with van der Waals surface area (Å²) >= 11 is 0. The summed E-state index contributed by atoms with van der Waals surface area (Å²) in [6, 6.07) is 18.5. The Bertz CT molecular complexity index is 720. The van der Waals surface area contributed by atoms with Gasteiger partial charge in [-0.1, -0.05) is 24.3 Å². The molecule has 2 bridgehead atoms. The molecular formula is C21H24N2O2. The topological polar surface area (TPSA) is 50.4 Å². The van der Waals surface area contributed by atoms with E-state index in [1.54, 1.807) is 0 Å². The molecular weight excluding hydrogens is 312 g/mol. The molecule has 0 aliphatic carbocycles. The Morgan fingerprint density at radius 2 is 1.72 bits per heavy atom. The van der Waals surface area contributed by atoms with Gasteiger partial charge in [-0.2, -0.15) is 0 Å². The fraction of sp³-hybridized carbons (Fsp3) is 0.381. The van der Waals surface area contributed by atoms with Gasteiger partial charge in [0.2, 0.25) is 5.91 Å². The predicted molar refractivity (Wildman–Crippen MR) is 98.9 cm³/mol. The van der Waals surface area contributed by atoms with Gasteiger partial charge in [-0.15, -0.1) is 0 Å². The number of amides is 1. The van der Waals surface area contributed by atoms with E-state index in [9.17, 15) is 4.79 Å². The van der Waals surface area contributed by atoms with E-state index in [0.29, 0.717) is 24.4 Å². The van der Waals surface area contributed by atoms with Gasteiger partial charge in [0.05, 0.1) is 0 Å². The molecule has 4 nitrogen and oxygen atoms in total. The predicted octanol–water partition coefficient (Wildman–Crippen LogP) is 4.34. The van der Waals surface area contributed by atoms with Crippen molar-refractivity contribution in [3.05, 3.63) is 54.6 Å². The first-order valence-corrected chi connectivity index (χ1v) is 9.13. The van der Waals surface area contributed by atoms with Crippen LogP contribution in [0.25, 0.3) is 0 Å². The van der Waals surface area contributed by atoms with Gasteiger partial charge in [-0.3, -0.25) is 4.79 Å². The SMILES string of the molecule is O=C(CC1CC2CCC(C1)N2)Nc1cccc(Oc2ccccc2)c1. The molecule has 1 amide bonds. The van der Waals surface area contributed by atoms with Gasteiger partial charge < -0.3 is 15.4 Å². The zero-order chi connectivity index (χ0) is 17.1. The number of nitrogens with one attached hydrogen (secondary N) is 2. The fourth-order valence-corrected chi connectivity index (χ4v) is 4.08. The third kappa shape index (κ3) is 4.20. The number of piperidine rings is 1. The van der Waals surface area contributed by atoms with Gasteiger partial charge in [-0.05, 0) is 55.9 Å². The normalized spacial score (nSPS) is 24.7. The summed E-state index contributed by atoms with van der Waals surface area (Å²) in [7, 11) is 0. The van der Waals surface area contributed by atoms with Gasteiger partial charge in [0, 0.05) is 30.3 Å². The number of fused-ring (bicyclic) bond motifs is 2. The lowest BCUT2D eigenvalue weighted by atomic mass is 9.89. The van der Waals surface area contributed by atoms with E-state index in [0.717, 1.165) is 30.0 Å². The van der Waals surface area contributed by atoms with E-state index in [4.69, 9.17) is 4.74 Å². The minimum atomic E-state index is 0.100. The smallest absolute Gasteiger partial charge is 0.224 e. The Kier molecular flexibility index (Phi) is 4.70. The minimum absolute atomic E-state index is 0.100. The van der Waals surface area contributed by atoms with Crippen molar-refractivity contribution in [1.82, 2.24) is 5.32 Å². The molecule has 2 N–H and O–H groups in total. The maximum Gasteiger partial charge on any atom is 0.224 e. The van der Waals surface area contributed by atoms with Crippen LogP contribution in [0.2, 0.25) is 0 Å². The second-order valence-electron chi connectivity index (χ2n) is 7.17. The first-order valence-electron chi connectivity index (χ1n) is 9.13. The maximum atomic E-state index is 12.4. The van der Waals surface area contributed by atoms with Crippen LogP contribution in [0.1, 0.15) is 32.1 Å². The molecule has 25 heavy (non-hydrogen) atoms. The van der Waals surface area contributed by atoms with Crippen molar-refractivity contribution in [2.24, 2.45) is 5.92 Å². The molecule has 2 atom stereocenters. The van der Waals surface area contributed by atoms with E-state index >= 15 is 0 Å². The Morgan fingerprint density at radius 3 is 2.48 bits per heavy atom. The largest absolute Gasteiger partial charge is 0.457 e. The summed E-state index contributed by atoms with van der Waals surface area (Å²) in [5.41, 5.74) is 0.787. The molecule has 2 aromatic carbocycles. The molecule has 130 valence electrons. The van der Waals surface area contributed by atoms with Crippen LogP contribution in [-0.4, -0.2) is 18.0 Å². The van der Waals surface area contributed by atoms with Crippen molar-refractivity contribution < 1.29 is 9.53 Å². The first-order chi connectivity index (χ1) is 12.2. The molecule has 2 aromatic rings. The maximum absolute atomic E-state index is 12.4. The fourth-order valence-electron chi connectivity index (χ4n) is 4.08. The number of hydrogen-bond acceptors (Lipinski definition) is 3. The average molecular weight is 336 g/mol. The van der Waals surface area contributed by atoms with Crippen molar-refractivity contribution in [3.63, 3.8) is 0 Å². The molecule has 2 aliphatic rings. The third-order valence-corrected chi connectivity index (χ3v) is 5.14. The highest BCUT2D eigenvalue weighted by molar-refractivity contribution is 5.91. The highest BCUT2D eigenvalue weighted by Crippen LogP contribution is 2.33. The number of rotatable bonds is 5. The number of benzene rings is 2. The lowest BCUT2D eigenvalue weighted by Crippen LogP contribution is -2.39. The zero-order valence-corrected chi connectivity index (χ0v) is 14.3. The summed E-state index contributed by atoms with van der Waals surface area (Å²) in [6.45, 7) is 0. The summed E-state index contributed by atoms with van der Waals surface area (Å²) < 4.78 is 5.83. The first kappa shape index (κ1) is 16.2. The van der Waals surface area contributed by atoms with E-state index in [-0.39, 0.29) is 5.91 Å². The van der Waals surface area contributed by atoms with Crippen LogP contribution >= 0.6 is 0 Å². The van der Waals surface area contributed by atoms with Gasteiger partial charge in [0.15, 0.2) is 0 Å². The van der Waals surface area contributed by atoms with Crippen molar-refractivity contribution in [2.45, 2.75) is 44.2 Å². The van der Waals surface area contributed by atoms with Gasteiger partial charge in [0.25, 0.3) is 0 Å². The van der Waals surface area contributed by atoms with Crippen molar-refractivity contribution in [1.29, 1.82) is 0 Å². The van der Waals surface area contributed by atoms with Crippen molar-refractivity contribution in [2.75, 3.05) is 5.32 Å². The lowest BCUT2D eigenvalue weighted by molar-refractivity contribution is -0.117. The van der Waals surface area contributed by atoms with E-state index in [1.807, 2.05) is 54.6 Å². The summed E-state index contributed by atoms with van der Waals surface area (Å²) in [6.07, 6.45) is 5.39. The highest BCUT2D eigenvalue weighted by Gasteiger charge is 2.34. The summed E-state index contributed by atoms with van der Waals surface area (Å²) in [4.78, 5) is 12.4. The van der Waals surface area contributed by atoms with Gasteiger partial charge in [0.1, 0.15) is 11.5 Å². The molecule has 0 aromatic heterocycles. The molecule has 2 saturated heterocycles. The number of ether oxygens (including phenoxy) is 1. The van der Waals surface area contributed by atoms with Crippen LogP contribution in [0.5, 0.6) is 11.5 Å². The van der Waals surface area contributed by atoms with Crippen LogP contribution in [0.3, 0.4) is 0 Å². The number of carbonyl (C=O) groups is 1. The number of para-hydroxylation sites is 1. The Hall–Kier alpha value is -2.33. The average Bonchev–Trinajstić information content (AvgIpc) is 2.94. The summed E-state index contributed by atoms with van der Waals surface area (Å²) in [5, 5.41) is 6.65. The van der Waals surface area contributed by atoms with Gasteiger partial charge in [-0.25, -0.2) is 0 Å². The zero-order valence-electron chi connectivity index (χ0n) is 14.3. The highest BCUT2D eigenvalue weighted by atomic mass is 16.5. The van der Waals surface area contributed by atoms with E-state index in [1.165, 1.54) is 12.8 Å². The summed E-state index contributed by atoms with van der Waals surface area (Å²) in [5.74, 6) is 2.12. The quantitative estimate of drug-likeness (QED) is 0.854. The van der Waals surface area contributed by atoms with Crippen LogP contribution in [0, 0.1) is 5.92 Å². The Morgan fingerprint density at radius 1 is 1.00 bits per heavy atom. The minimum Gasteiger partial charge on any atom is -0.457 e. The van der Waals surface area contributed by atoms with Crippen molar-refractivity contribution in [3.8, 4) is 11.5 Å². The van der Waals surface area contributed by atoms with E-state index < -0.39 is 0 Å². The second kappa shape index (κ2) is 7.28. The molecule has 4 heteroatoms. The number of carbonyl (C=O) groups excluding carboxylic acids is 1. The molecule has 2 fully saturated rings. The number of hydrogen-bond donors (Lipinski definition) is 2. The molecule has 2 heterocycles. The molecule has 0 radical (unpaired) electrons. The Labute approximate surface area is 148 Å². The van der Waals surface area contributed by atoms with Crippen LogP contribution < -0.4 is 15.4 Å². The monoisotopic (exact) mass is 336 g/mol. The molecule has 4 rings (SSSR count). The Balaban J connectivity index is 1.34. The van der Waals surface area contributed by atoms with Gasteiger partial charge >= 0.3 is 0 Å². The number of anilines is 1. The van der Waals surface area contributed by atoms with Crippen molar-refractivity contribution >= 4 is 11.6 Å². The second-order valence-corrected chi connectivity index (χ2v) is 7.17. The molecule has 0 saturated carbocycles. The molecule has 2 unspecified atom stereocenters. The standard InChI is InChI=1S/C21H24N2O2/c24-21(13-15-11-17-9-10-18(12-15)22-17)23-16-5-4-8-20(14-16)25-19-6-2-1-3-7-19/h1-8,14-15,17-18,22H,9-13H2,(H,23,24). The van der Waals surface area contributed by atoms with Crippen LogP contribution in [0.15, 0.2) is 54.6 Å². The van der Waals surface area contributed by atoms with E-state index in [2.05, 4.69) is 10.6 Å². The van der Waals surface area contributed by atoms with Crippen LogP contribution in [0.4, 0.5) is 5.69 Å². The molecule has 2 aliphatic heterocycles. The van der Waals surface area contributed by atoms with Crippen LogP contribution in [-0.2, 0) is 4.79 Å². The lowest BCUT2D eigenvalue weighted by Gasteiger charge is -2.28.